The molecular weight excluding hydrogens is 286 g/mol. The molecule has 2 atom stereocenters. The van der Waals surface area contributed by atoms with Crippen molar-refractivity contribution in [2.75, 3.05) is 19.7 Å². The second-order valence-electron chi connectivity index (χ2n) is 6.58. The van der Waals surface area contributed by atoms with E-state index in [4.69, 9.17) is 9.47 Å². The first-order valence-corrected chi connectivity index (χ1v) is 8.51. The van der Waals surface area contributed by atoms with Crippen LogP contribution in [-0.2, 0) is 6.61 Å². The molecule has 2 aromatic carbocycles. The highest BCUT2D eigenvalue weighted by atomic mass is 16.5. The summed E-state index contributed by atoms with van der Waals surface area (Å²) in [5.41, 5.74) is 1.17. The average Bonchev–Trinajstić information content (AvgIpc) is 3.52. The molecule has 1 saturated heterocycles. The molecule has 0 aromatic heterocycles. The lowest BCUT2D eigenvalue weighted by Crippen LogP contribution is -2.13. The van der Waals surface area contributed by atoms with Gasteiger partial charge in [0.25, 0.3) is 0 Å². The van der Waals surface area contributed by atoms with Crippen molar-refractivity contribution in [3.63, 3.8) is 0 Å². The largest absolute Gasteiger partial charge is 0.488 e. The highest BCUT2D eigenvalue weighted by Gasteiger charge is 2.38. The summed E-state index contributed by atoms with van der Waals surface area (Å²) in [5.74, 6) is 2.63. The Hall–Kier alpha value is -2.00. The lowest BCUT2D eigenvalue weighted by Gasteiger charge is -2.13. The van der Waals surface area contributed by atoms with E-state index in [1.165, 1.54) is 31.5 Å². The molecule has 0 N–H and O–H groups in total. The summed E-state index contributed by atoms with van der Waals surface area (Å²) in [5, 5.41) is 0. The zero-order valence-electron chi connectivity index (χ0n) is 13.4. The Morgan fingerprint density at radius 1 is 0.870 bits per heavy atom. The molecule has 4 rings (SSSR count). The minimum absolute atomic E-state index is 0.568. The Morgan fingerprint density at radius 3 is 2.30 bits per heavy atom. The Balaban J connectivity index is 1.30. The van der Waals surface area contributed by atoms with Crippen molar-refractivity contribution in [3.05, 3.63) is 60.2 Å². The third-order valence-electron chi connectivity index (χ3n) is 4.54. The summed E-state index contributed by atoms with van der Waals surface area (Å²) in [4.78, 5) is 2.52. The van der Waals surface area contributed by atoms with Gasteiger partial charge in [-0.15, -0.1) is 0 Å². The molecule has 3 heteroatoms. The number of benzene rings is 2. The van der Waals surface area contributed by atoms with Gasteiger partial charge < -0.3 is 9.47 Å². The SMILES string of the molecule is c1ccc(COc2ccccc2OCC2CN2CC2CC2)cc1. The van der Waals surface area contributed by atoms with Gasteiger partial charge in [-0.25, -0.2) is 0 Å². The fourth-order valence-electron chi connectivity index (χ4n) is 2.85. The lowest BCUT2D eigenvalue weighted by atomic mass is 10.2. The first-order valence-electron chi connectivity index (χ1n) is 8.51. The lowest BCUT2D eigenvalue weighted by molar-refractivity contribution is 0.253. The summed E-state index contributed by atoms with van der Waals surface area (Å²) in [6, 6.07) is 18.8. The Morgan fingerprint density at radius 2 is 1.57 bits per heavy atom. The normalized spacial score (nSPS) is 22.6. The van der Waals surface area contributed by atoms with Crippen LogP contribution in [0, 0.1) is 5.92 Å². The van der Waals surface area contributed by atoms with Crippen LogP contribution in [0.5, 0.6) is 11.5 Å². The van der Waals surface area contributed by atoms with Crippen molar-refractivity contribution < 1.29 is 9.47 Å². The van der Waals surface area contributed by atoms with E-state index in [0.717, 1.165) is 24.0 Å². The van der Waals surface area contributed by atoms with Crippen molar-refractivity contribution in [1.29, 1.82) is 0 Å². The van der Waals surface area contributed by atoms with E-state index in [2.05, 4.69) is 17.0 Å². The summed E-state index contributed by atoms with van der Waals surface area (Å²) >= 11 is 0. The fourth-order valence-corrected chi connectivity index (χ4v) is 2.85. The van der Waals surface area contributed by atoms with E-state index in [1.54, 1.807) is 0 Å². The molecule has 23 heavy (non-hydrogen) atoms. The summed E-state index contributed by atoms with van der Waals surface area (Å²) in [6.45, 7) is 3.78. The molecule has 1 aliphatic heterocycles. The van der Waals surface area contributed by atoms with Crippen molar-refractivity contribution in [3.8, 4) is 11.5 Å². The summed E-state index contributed by atoms with van der Waals surface area (Å²) in [7, 11) is 0. The standard InChI is InChI=1S/C20H23NO2/c1-2-6-17(7-3-1)14-22-19-8-4-5-9-20(19)23-15-18-13-21(18)12-16-10-11-16/h1-9,16,18H,10-15H2. The van der Waals surface area contributed by atoms with Crippen LogP contribution < -0.4 is 9.47 Å². The van der Waals surface area contributed by atoms with Gasteiger partial charge in [0.1, 0.15) is 13.2 Å². The van der Waals surface area contributed by atoms with Crippen molar-refractivity contribution in [2.24, 2.45) is 5.92 Å². The van der Waals surface area contributed by atoms with Gasteiger partial charge in [0.15, 0.2) is 11.5 Å². The number of hydrogen-bond donors (Lipinski definition) is 0. The number of ether oxygens (including phenoxy) is 2. The number of para-hydroxylation sites is 2. The van der Waals surface area contributed by atoms with Gasteiger partial charge in [0.05, 0.1) is 6.04 Å². The maximum Gasteiger partial charge on any atom is 0.161 e. The molecular formula is C20H23NO2. The highest BCUT2D eigenvalue weighted by Crippen LogP contribution is 2.34. The molecule has 120 valence electrons. The van der Waals surface area contributed by atoms with Crippen LogP contribution in [0.25, 0.3) is 0 Å². The Kier molecular flexibility index (Phi) is 4.20. The van der Waals surface area contributed by atoms with Gasteiger partial charge in [-0.3, -0.25) is 4.90 Å². The molecule has 0 radical (unpaired) electrons. The van der Waals surface area contributed by atoms with Crippen LogP contribution in [0.4, 0.5) is 0 Å². The minimum atomic E-state index is 0.568. The first-order chi connectivity index (χ1) is 11.4. The second kappa shape index (κ2) is 6.63. The quantitative estimate of drug-likeness (QED) is 0.693. The molecule has 1 saturated carbocycles. The van der Waals surface area contributed by atoms with Crippen LogP contribution in [-0.4, -0.2) is 30.6 Å². The Labute approximate surface area is 137 Å². The maximum atomic E-state index is 6.02. The van der Waals surface area contributed by atoms with Gasteiger partial charge >= 0.3 is 0 Å². The molecule has 2 unspecified atom stereocenters. The van der Waals surface area contributed by atoms with Gasteiger partial charge in [-0.05, 0) is 36.5 Å². The third kappa shape index (κ3) is 4.05. The van der Waals surface area contributed by atoms with Crippen LogP contribution in [0.1, 0.15) is 18.4 Å². The highest BCUT2D eigenvalue weighted by molar-refractivity contribution is 5.39. The molecule has 1 heterocycles. The molecule has 3 nitrogen and oxygen atoms in total. The zero-order chi connectivity index (χ0) is 15.5. The third-order valence-corrected chi connectivity index (χ3v) is 4.54. The molecule has 2 fully saturated rings. The van der Waals surface area contributed by atoms with Gasteiger partial charge in [0, 0.05) is 13.1 Å². The van der Waals surface area contributed by atoms with Crippen LogP contribution >= 0.6 is 0 Å². The van der Waals surface area contributed by atoms with Crippen LogP contribution in [0.15, 0.2) is 54.6 Å². The predicted octanol–water partition coefficient (Wildman–Crippen LogP) is 3.74. The van der Waals surface area contributed by atoms with E-state index in [1.807, 2.05) is 42.5 Å². The molecule has 2 aliphatic rings. The first kappa shape index (κ1) is 14.6. The molecule has 0 amide bonds. The predicted molar refractivity (Wildman–Crippen MR) is 90.8 cm³/mol. The van der Waals surface area contributed by atoms with E-state index < -0.39 is 0 Å². The summed E-state index contributed by atoms with van der Waals surface area (Å²) < 4.78 is 12.0. The Bertz CT molecular complexity index is 639. The zero-order valence-corrected chi connectivity index (χ0v) is 13.4. The van der Waals surface area contributed by atoms with Gasteiger partial charge in [-0.2, -0.15) is 0 Å². The number of nitrogens with zero attached hydrogens (tertiary/aromatic N) is 1. The minimum Gasteiger partial charge on any atom is -0.488 e. The van der Waals surface area contributed by atoms with E-state index in [9.17, 15) is 0 Å². The number of hydrogen-bond acceptors (Lipinski definition) is 3. The monoisotopic (exact) mass is 309 g/mol. The average molecular weight is 309 g/mol. The second-order valence-corrected chi connectivity index (χ2v) is 6.58. The van der Waals surface area contributed by atoms with E-state index in [-0.39, 0.29) is 0 Å². The van der Waals surface area contributed by atoms with Gasteiger partial charge in [0.2, 0.25) is 0 Å². The fraction of sp³-hybridized carbons (Fsp3) is 0.400. The topological polar surface area (TPSA) is 21.5 Å². The van der Waals surface area contributed by atoms with Crippen LogP contribution in [0.3, 0.4) is 0 Å². The van der Waals surface area contributed by atoms with Crippen molar-refractivity contribution in [2.45, 2.75) is 25.5 Å². The van der Waals surface area contributed by atoms with Gasteiger partial charge in [-0.1, -0.05) is 42.5 Å². The molecule has 0 bridgehead atoms. The van der Waals surface area contributed by atoms with Crippen molar-refractivity contribution >= 4 is 0 Å². The summed E-state index contributed by atoms with van der Waals surface area (Å²) in [6.07, 6.45) is 2.83. The molecule has 1 aliphatic carbocycles. The van der Waals surface area contributed by atoms with Crippen molar-refractivity contribution in [1.82, 2.24) is 4.90 Å². The number of rotatable bonds is 8. The molecule has 2 aromatic rings. The van der Waals surface area contributed by atoms with E-state index >= 15 is 0 Å². The van der Waals surface area contributed by atoms with E-state index in [0.29, 0.717) is 12.6 Å². The molecule has 0 spiro atoms. The van der Waals surface area contributed by atoms with Crippen LogP contribution in [0.2, 0.25) is 0 Å². The maximum absolute atomic E-state index is 6.02. The smallest absolute Gasteiger partial charge is 0.161 e.